The van der Waals surface area contributed by atoms with Crippen molar-refractivity contribution in [2.45, 2.75) is 0 Å². The lowest BCUT2D eigenvalue weighted by Crippen LogP contribution is -2.00. The molecule has 1 rings (SSSR count). The molecule has 0 aliphatic rings. The average molecular weight is 177 g/mol. The fourth-order valence-corrected chi connectivity index (χ4v) is 0.986. The molecule has 0 heterocycles. The third kappa shape index (κ3) is 1.87. The van der Waals surface area contributed by atoms with Crippen molar-refractivity contribution < 1.29 is 9.53 Å². The quantitative estimate of drug-likeness (QED) is 0.434. The van der Waals surface area contributed by atoms with Gasteiger partial charge in [-0.1, -0.05) is 6.58 Å². The molecular formula is C10H11NO2. The molecule has 0 bridgehead atoms. The minimum Gasteiger partial charge on any atom is -0.497 e. The number of benzene rings is 1. The van der Waals surface area contributed by atoms with Crippen molar-refractivity contribution in [1.29, 1.82) is 0 Å². The van der Waals surface area contributed by atoms with Crippen molar-refractivity contribution in [2.75, 3.05) is 12.8 Å². The Bertz CT molecular complexity index is 345. The first-order valence-corrected chi connectivity index (χ1v) is 3.79. The third-order valence-electron chi connectivity index (χ3n) is 1.71. The molecular weight excluding hydrogens is 166 g/mol. The molecule has 2 N–H and O–H groups in total. The normalized spacial score (nSPS) is 9.31. The fraction of sp³-hybridized carbons (Fsp3) is 0.100. The second-order valence-corrected chi connectivity index (χ2v) is 2.52. The number of ether oxygens (including phenoxy) is 1. The summed E-state index contributed by atoms with van der Waals surface area (Å²) in [4.78, 5) is 11.2. The van der Waals surface area contributed by atoms with Crippen LogP contribution in [0, 0.1) is 0 Å². The predicted octanol–water partition coefficient (Wildman–Crippen LogP) is 1.65. The van der Waals surface area contributed by atoms with Gasteiger partial charge in [-0.3, -0.25) is 4.79 Å². The van der Waals surface area contributed by atoms with E-state index in [0.29, 0.717) is 17.0 Å². The van der Waals surface area contributed by atoms with Crippen molar-refractivity contribution >= 4 is 11.5 Å². The number of hydrogen-bond donors (Lipinski definition) is 1. The zero-order valence-corrected chi connectivity index (χ0v) is 7.41. The number of ketones is 1. The summed E-state index contributed by atoms with van der Waals surface area (Å²) in [6.45, 7) is 3.39. The van der Waals surface area contributed by atoms with Gasteiger partial charge >= 0.3 is 0 Å². The number of anilines is 1. The lowest BCUT2D eigenvalue weighted by Gasteiger charge is -2.04. The maximum atomic E-state index is 11.2. The van der Waals surface area contributed by atoms with Crippen molar-refractivity contribution in [3.63, 3.8) is 0 Å². The fourth-order valence-electron chi connectivity index (χ4n) is 0.986. The van der Waals surface area contributed by atoms with E-state index in [0.717, 1.165) is 0 Å². The van der Waals surface area contributed by atoms with Crippen LogP contribution < -0.4 is 10.5 Å². The highest BCUT2D eigenvalue weighted by molar-refractivity contribution is 6.08. The predicted molar refractivity (Wildman–Crippen MR) is 51.9 cm³/mol. The van der Waals surface area contributed by atoms with Crippen LogP contribution in [0.5, 0.6) is 5.75 Å². The molecule has 0 radical (unpaired) electrons. The highest BCUT2D eigenvalue weighted by atomic mass is 16.5. The van der Waals surface area contributed by atoms with Crippen LogP contribution in [-0.4, -0.2) is 12.9 Å². The first kappa shape index (κ1) is 9.32. The van der Waals surface area contributed by atoms with E-state index >= 15 is 0 Å². The monoisotopic (exact) mass is 177 g/mol. The molecule has 1 aromatic carbocycles. The molecule has 0 aromatic heterocycles. The molecule has 0 unspecified atom stereocenters. The van der Waals surface area contributed by atoms with E-state index in [9.17, 15) is 4.79 Å². The maximum Gasteiger partial charge on any atom is 0.187 e. The summed E-state index contributed by atoms with van der Waals surface area (Å²) in [6, 6.07) is 4.93. The van der Waals surface area contributed by atoms with Gasteiger partial charge in [-0.2, -0.15) is 0 Å². The standard InChI is InChI=1S/C10H11NO2/c1-3-10(12)8-6-7(13-2)4-5-9(8)11/h3-6H,1,11H2,2H3. The number of nitrogens with two attached hydrogens (primary N) is 1. The summed E-state index contributed by atoms with van der Waals surface area (Å²) in [6.07, 6.45) is 1.23. The molecule has 0 amide bonds. The number of methoxy groups -OCH3 is 1. The van der Waals surface area contributed by atoms with E-state index in [-0.39, 0.29) is 5.78 Å². The van der Waals surface area contributed by atoms with Gasteiger partial charge < -0.3 is 10.5 Å². The molecule has 0 spiro atoms. The largest absolute Gasteiger partial charge is 0.497 e. The van der Waals surface area contributed by atoms with Crippen molar-refractivity contribution in [2.24, 2.45) is 0 Å². The molecule has 13 heavy (non-hydrogen) atoms. The zero-order valence-electron chi connectivity index (χ0n) is 7.41. The van der Waals surface area contributed by atoms with Gasteiger partial charge in [0.2, 0.25) is 0 Å². The van der Waals surface area contributed by atoms with E-state index in [1.807, 2.05) is 0 Å². The van der Waals surface area contributed by atoms with Crippen molar-refractivity contribution in [1.82, 2.24) is 0 Å². The van der Waals surface area contributed by atoms with Crippen molar-refractivity contribution in [3.05, 3.63) is 36.4 Å². The number of nitrogen functional groups attached to an aromatic ring is 1. The molecule has 0 saturated heterocycles. The van der Waals surface area contributed by atoms with Gasteiger partial charge in [-0.15, -0.1) is 0 Å². The summed E-state index contributed by atoms with van der Waals surface area (Å²) in [7, 11) is 1.54. The molecule has 0 aliphatic heterocycles. The Kier molecular flexibility index (Phi) is 2.69. The van der Waals surface area contributed by atoms with Gasteiger partial charge in [0, 0.05) is 11.3 Å². The van der Waals surface area contributed by atoms with Crippen LogP contribution in [0.1, 0.15) is 10.4 Å². The van der Waals surface area contributed by atoms with Gasteiger partial charge in [-0.05, 0) is 24.3 Å². The maximum absolute atomic E-state index is 11.2. The van der Waals surface area contributed by atoms with Gasteiger partial charge in [-0.25, -0.2) is 0 Å². The second kappa shape index (κ2) is 3.76. The van der Waals surface area contributed by atoms with Crippen molar-refractivity contribution in [3.8, 4) is 5.75 Å². The molecule has 0 atom stereocenters. The Hall–Kier alpha value is -1.77. The number of carbonyl (C=O) groups excluding carboxylic acids is 1. The summed E-state index contributed by atoms with van der Waals surface area (Å²) in [5.74, 6) is 0.413. The van der Waals surface area contributed by atoms with Crippen LogP contribution in [0.15, 0.2) is 30.9 Å². The van der Waals surface area contributed by atoms with Gasteiger partial charge in [0.15, 0.2) is 5.78 Å². The van der Waals surface area contributed by atoms with E-state index < -0.39 is 0 Å². The summed E-state index contributed by atoms with van der Waals surface area (Å²) in [5.41, 5.74) is 6.46. The number of hydrogen-bond acceptors (Lipinski definition) is 3. The average Bonchev–Trinajstić information content (AvgIpc) is 2.17. The summed E-state index contributed by atoms with van der Waals surface area (Å²) >= 11 is 0. The number of rotatable bonds is 3. The van der Waals surface area contributed by atoms with Gasteiger partial charge in [0.05, 0.1) is 7.11 Å². The third-order valence-corrected chi connectivity index (χ3v) is 1.71. The lowest BCUT2D eigenvalue weighted by atomic mass is 10.1. The second-order valence-electron chi connectivity index (χ2n) is 2.52. The minimum absolute atomic E-state index is 0.198. The topological polar surface area (TPSA) is 52.3 Å². The zero-order chi connectivity index (χ0) is 9.84. The van der Waals surface area contributed by atoms with Gasteiger partial charge in [0.1, 0.15) is 5.75 Å². The Morgan fingerprint density at radius 1 is 1.62 bits per heavy atom. The first-order valence-electron chi connectivity index (χ1n) is 3.79. The summed E-state index contributed by atoms with van der Waals surface area (Å²) < 4.78 is 4.96. The van der Waals surface area contributed by atoms with E-state index in [1.165, 1.54) is 13.2 Å². The smallest absolute Gasteiger partial charge is 0.187 e. The van der Waals surface area contributed by atoms with E-state index in [1.54, 1.807) is 18.2 Å². The Balaban J connectivity index is 3.18. The molecule has 0 saturated carbocycles. The molecule has 0 aliphatic carbocycles. The first-order chi connectivity index (χ1) is 6.19. The Labute approximate surface area is 76.8 Å². The highest BCUT2D eigenvalue weighted by Crippen LogP contribution is 2.19. The number of allylic oxidation sites excluding steroid dienone is 1. The van der Waals surface area contributed by atoms with E-state index in [2.05, 4.69) is 6.58 Å². The minimum atomic E-state index is -0.198. The van der Waals surface area contributed by atoms with Crippen LogP contribution in [-0.2, 0) is 0 Å². The van der Waals surface area contributed by atoms with Crippen LogP contribution >= 0.6 is 0 Å². The highest BCUT2D eigenvalue weighted by Gasteiger charge is 2.06. The lowest BCUT2D eigenvalue weighted by molar-refractivity contribution is 0.104. The number of carbonyl (C=O) groups is 1. The molecule has 1 aromatic rings. The van der Waals surface area contributed by atoms with Crippen LogP contribution in [0.25, 0.3) is 0 Å². The van der Waals surface area contributed by atoms with Gasteiger partial charge in [0.25, 0.3) is 0 Å². The molecule has 3 nitrogen and oxygen atoms in total. The van der Waals surface area contributed by atoms with Crippen LogP contribution in [0.3, 0.4) is 0 Å². The summed E-state index contributed by atoms with van der Waals surface area (Å²) in [5, 5.41) is 0. The SMILES string of the molecule is C=CC(=O)c1cc(OC)ccc1N. The van der Waals surface area contributed by atoms with E-state index in [4.69, 9.17) is 10.5 Å². The molecule has 3 heteroatoms. The Morgan fingerprint density at radius 2 is 2.31 bits per heavy atom. The molecule has 0 fully saturated rings. The van der Waals surface area contributed by atoms with Crippen LogP contribution in [0.2, 0.25) is 0 Å². The van der Waals surface area contributed by atoms with Crippen LogP contribution in [0.4, 0.5) is 5.69 Å². The molecule has 68 valence electrons. The Morgan fingerprint density at radius 3 is 2.85 bits per heavy atom.